The lowest BCUT2D eigenvalue weighted by Crippen LogP contribution is -2.52. The van der Waals surface area contributed by atoms with E-state index >= 15 is 0 Å². The van der Waals surface area contributed by atoms with E-state index in [2.05, 4.69) is 32.0 Å². The molecule has 2 fully saturated rings. The van der Waals surface area contributed by atoms with Gasteiger partial charge in [0.1, 0.15) is 34.9 Å². The molecule has 2 saturated carbocycles. The summed E-state index contributed by atoms with van der Waals surface area (Å²) in [7, 11) is 0. The van der Waals surface area contributed by atoms with E-state index in [0.717, 1.165) is 31.2 Å². The number of nitrogens with zero attached hydrogens (tertiary/aromatic N) is 4. The largest absolute Gasteiger partial charge is 0.478 e. The average Bonchev–Trinajstić information content (AvgIpc) is 2.89. The molecule has 0 radical (unpaired) electrons. The number of fused-ring (bicyclic) bond motifs is 2. The topological polar surface area (TPSA) is 145 Å². The highest BCUT2D eigenvalue weighted by molar-refractivity contribution is 5.68. The molecule has 2 aromatic rings. The van der Waals surface area contributed by atoms with Crippen molar-refractivity contribution in [1.82, 2.24) is 15.3 Å². The third kappa shape index (κ3) is 7.73. The highest BCUT2D eigenvalue weighted by Gasteiger charge is 2.41. The van der Waals surface area contributed by atoms with Crippen LogP contribution in [0.4, 0.5) is 16.6 Å². The molecule has 4 atom stereocenters. The van der Waals surface area contributed by atoms with Crippen molar-refractivity contribution in [3.8, 4) is 17.9 Å². The summed E-state index contributed by atoms with van der Waals surface area (Å²) in [5.74, 6) is 2.77. The van der Waals surface area contributed by atoms with Gasteiger partial charge in [-0.1, -0.05) is 24.6 Å². The zero-order valence-electron chi connectivity index (χ0n) is 22.9. The van der Waals surface area contributed by atoms with Gasteiger partial charge in [0.2, 0.25) is 5.95 Å². The van der Waals surface area contributed by atoms with Crippen LogP contribution in [0, 0.1) is 40.4 Å². The molecule has 10 nitrogen and oxygen atoms in total. The molecular weight excluding hydrogens is 494 g/mol. The Bertz CT molecular complexity index is 1220. The first-order valence-electron chi connectivity index (χ1n) is 13.6. The van der Waals surface area contributed by atoms with Crippen LogP contribution in [0.15, 0.2) is 30.5 Å². The van der Waals surface area contributed by atoms with Crippen LogP contribution in [0.25, 0.3) is 0 Å². The second-order valence-electron chi connectivity index (χ2n) is 11.3. The minimum absolute atomic E-state index is 0.0286. The second-order valence-corrected chi connectivity index (χ2v) is 11.3. The molecule has 2 aliphatic rings. The lowest BCUT2D eigenvalue weighted by atomic mass is 9.64. The minimum atomic E-state index is -0.515. The molecule has 1 amide bonds. The Morgan fingerprint density at radius 3 is 2.56 bits per heavy atom. The molecule has 10 heteroatoms. The molecule has 4 rings (SSSR count). The number of benzene rings is 1. The summed E-state index contributed by atoms with van der Waals surface area (Å²) in [5.41, 5.74) is 0.746. The van der Waals surface area contributed by atoms with Crippen LogP contribution in [-0.4, -0.2) is 40.9 Å². The van der Waals surface area contributed by atoms with Crippen molar-refractivity contribution in [3.63, 3.8) is 0 Å². The maximum Gasteiger partial charge on any atom is 0.407 e. The molecule has 1 aromatic carbocycles. The van der Waals surface area contributed by atoms with Crippen molar-refractivity contribution in [2.24, 2.45) is 17.8 Å². The summed E-state index contributed by atoms with van der Waals surface area (Å²) in [6, 6.07) is 11.8. The summed E-state index contributed by atoms with van der Waals surface area (Å²) in [6.07, 6.45) is 6.57. The van der Waals surface area contributed by atoms with E-state index in [1.807, 2.05) is 51.1 Å². The molecule has 3 N–H and O–H groups in total. The van der Waals surface area contributed by atoms with Crippen LogP contribution in [-0.2, 0) is 11.3 Å². The molecule has 1 aromatic heterocycles. The molecule has 0 saturated heterocycles. The number of alkyl carbamates (subject to hydrolysis) is 1. The third-order valence-electron chi connectivity index (χ3n) is 7.29. The number of hydrogen-bond acceptors (Lipinski definition) is 9. The highest BCUT2D eigenvalue weighted by atomic mass is 16.6. The number of para-hydroxylation sites is 1. The number of aromatic nitrogens is 2. The number of hydrogen-bond donors (Lipinski definition) is 3. The van der Waals surface area contributed by atoms with Crippen LogP contribution in [0.5, 0.6) is 5.75 Å². The number of carbonyl (C=O) groups excluding carboxylic acids is 1. The van der Waals surface area contributed by atoms with Gasteiger partial charge in [0.15, 0.2) is 6.61 Å². The molecule has 2 bridgehead atoms. The monoisotopic (exact) mass is 531 g/mol. The van der Waals surface area contributed by atoms with Crippen LogP contribution < -0.4 is 20.7 Å². The Labute approximate surface area is 230 Å². The zero-order chi connectivity index (χ0) is 27.8. The molecule has 0 spiro atoms. The summed E-state index contributed by atoms with van der Waals surface area (Å²) in [6.45, 7) is 6.71. The first-order chi connectivity index (χ1) is 18.8. The Hall–Kier alpha value is -4.05. The predicted octanol–water partition coefficient (Wildman–Crippen LogP) is 4.99. The normalized spacial score (nSPS) is 22.1. The molecule has 1 heterocycles. The summed E-state index contributed by atoms with van der Waals surface area (Å²) >= 11 is 0. The number of ether oxygens (including phenoxy) is 2. The maximum absolute atomic E-state index is 12.4. The van der Waals surface area contributed by atoms with E-state index in [9.17, 15) is 10.1 Å². The van der Waals surface area contributed by atoms with Gasteiger partial charge in [-0.2, -0.15) is 15.5 Å². The smallest absolute Gasteiger partial charge is 0.407 e. The van der Waals surface area contributed by atoms with Gasteiger partial charge in [0, 0.05) is 24.7 Å². The van der Waals surface area contributed by atoms with Crippen molar-refractivity contribution >= 4 is 17.9 Å². The zero-order valence-corrected chi connectivity index (χ0v) is 22.9. The van der Waals surface area contributed by atoms with Crippen molar-refractivity contribution < 1.29 is 14.3 Å². The van der Waals surface area contributed by atoms with Crippen LogP contribution in [0.3, 0.4) is 0 Å². The molecule has 39 heavy (non-hydrogen) atoms. The standard InChI is InChI=1S/C29H37N7O3/c1-29(2,3)39-28(37)35-25-20-8-6-9-21(25)14-19(13-20)16-32-26-23(15-31)18-34-27(36-26)33-17-22-7-4-5-10-24(22)38-12-11-30/h4-5,7,10,18-21,25H,6,8-9,12-14,16-17H2,1-3H3,(H,35,37)(H2,32,33,34,36)/t19?,20-,21+,25?. The van der Waals surface area contributed by atoms with E-state index < -0.39 is 5.60 Å². The second kappa shape index (κ2) is 12.7. The first-order valence-corrected chi connectivity index (χ1v) is 13.6. The van der Waals surface area contributed by atoms with E-state index in [0.29, 0.717) is 53.9 Å². The van der Waals surface area contributed by atoms with Gasteiger partial charge in [-0.05, 0) is 70.3 Å². The van der Waals surface area contributed by atoms with E-state index in [1.54, 1.807) is 0 Å². The quantitative estimate of drug-likeness (QED) is 0.407. The number of nitriles is 2. The van der Waals surface area contributed by atoms with E-state index in [1.165, 1.54) is 12.6 Å². The molecule has 2 unspecified atom stereocenters. The fraction of sp³-hybridized carbons (Fsp3) is 0.552. The Balaban J connectivity index is 1.36. The fourth-order valence-electron chi connectivity index (χ4n) is 5.71. The van der Waals surface area contributed by atoms with Gasteiger partial charge in [-0.3, -0.25) is 0 Å². The van der Waals surface area contributed by atoms with Crippen molar-refractivity contribution in [3.05, 3.63) is 41.6 Å². The minimum Gasteiger partial charge on any atom is -0.478 e. The van der Waals surface area contributed by atoms with E-state index in [4.69, 9.17) is 14.7 Å². The number of amides is 1. The Morgan fingerprint density at radius 2 is 1.87 bits per heavy atom. The Morgan fingerprint density at radius 1 is 1.13 bits per heavy atom. The van der Waals surface area contributed by atoms with Crippen molar-refractivity contribution in [2.45, 2.75) is 71.1 Å². The predicted molar refractivity (Wildman–Crippen MR) is 147 cm³/mol. The van der Waals surface area contributed by atoms with Gasteiger partial charge in [-0.25, -0.2) is 9.78 Å². The molecule has 2 aliphatic carbocycles. The molecule has 0 aliphatic heterocycles. The maximum atomic E-state index is 12.4. The van der Waals surface area contributed by atoms with Crippen LogP contribution in [0.2, 0.25) is 0 Å². The van der Waals surface area contributed by atoms with Crippen LogP contribution in [0.1, 0.15) is 64.0 Å². The van der Waals surface area contributed by atoms with Gasteiger partial charge in [-0.15, -0.1) is 0 Å². The van der Waals surface area contributed by atoms with Crippen molar-refractivity contribution in [2.75, 3.05) is 23.8 Å². The van der Waals surface area contributed by atoms with Gasteiger partial charge in [0.25, 0.3) is 0 Å². The fourth-order valence-corrected chi connectivity index (χ4v) is 5.71. The lowest BCUT2D eigenvalue weighted by molar-refractivity contribution is 0.0324. The lowest BCUT2D eigenvalue weighted by Gasteiger charge is -2.46. The summed E-state index contributed by atoms with van der Waals surface area (Å²) < 4.78 is 11.0. The Kier molecular flexibility index (Phi) is 9.08. The first kappa shape index (κ1) is 28.0. The van der Waals surface area contributed by atoms with Gasteiger partial charge < -0.3 is 25.4 Å². The van der Waals surface area contributed by atoms with Crippen molar-refractivity contribution in [1.29, 1.82) is 10.5 Å². The third-order valence-corrected chi connectivity index (χ3v) is 7.29. The highest BCUT2D eigenvalue weighted by Crippen LogP contribution is 2.43. The number of rotatable bonds is 9. The number of carbonyl (C=O) groups is 1. The SMILES string of the molecule is CC(C)(C)OC(=O)NC1[C@@H]2CCC[C@H]1CC(CNc1nc(NCc3ccccc3OCC#N)ncc1C#N)C2. The summed E-state index contributed by atoms with van der Waals surface area (Å²) in [5, 5.41) is 28.2. The van der Waals surface area contributed by atoms with Gasteiger partial charge in [0.05, 0.1) is 6.20 Å². The van der Waals surface area contributed by atoms with Crippen LogP contribution >= 0.6 is 0 Å². The summed E-state index contributed by atoms with van der Waals surface area (Å²) in [4.78, 5) is 21.3. The number of nitrogens with one attached hydrogen (secondary N) is 3. The average molecular weight is 532 g/mol. The van der Waals surface area contributed by atoms with Gasteiger partial charge >= 0.3 is 6.09 Å². The number of anilines is 2. The molecule has 206 valence electrons. The molecular formula is C29H37N7O3. The van der Waals surface area contributed by atoms with E-state index in [-0.39, 0.29) is 18.7 Å².